The Labute approximate surface area is 105 Å². The molecule has 92 valence electrons. The van der Waals surface area contributed by atoms with Crippen LogP contribution < -0.4 is 0 Å². The molecule has 1 nitrogen and oxygen atoms in total. The standard InChI is InChI=1S/C13H28BrN/c1-4-5-6-7-8-9-10-11-15(3)12-13(2)14/h13H,4-12H2,1-3H3. The summed E-state index contributed by atoms with van der Waals surface area (Å²) in [5.41, 5.74) is 0. The summed E-state index contributed by atoms with van der Waals surface area (Å²) in [6, 6.07) is 0. The molecule has 0 radical (unpaired) electrons. The van der Waals surface area contributed by atoms with Gasteiger partial charge in [-0.25, -0.2) is 0 Å². The lowest BCUT2D eigenvalue weighted by Gasteiger charge is -2.17. The van der Waals surface area contributed by atoms with Gasteiger partial charge in [0.1, 0.15) is 0 Å². The van der Waals surface area contributed by atoms with Gasteiger partial charge in [-0.05, 0) is 20.0 Å². The fraction of sp³-hybridized carbons (Fsp3) is 1.00. The summed E-state index contributed by atoms with van der Waals surface area (Å²) in [4.78, 5) is 3.04. The van der Waals surface area contributed by atoms with Gasteiger partial charge in [0.15, 0.2) is 0 Å². The molecule has 0 aromatic carbocycles. The monoisotopic (exact) mass is 277 g/mol. The summed E-state index contributed by atoms with van der Waals surface area (Å²) in [6.07, 6.45) is 9.84. The fourth-order valence-electron chi connectivity index (χ4n) is 1.86. The van der Waals surface area contributed by atoms with Gasteiger partial charge in [-0.2, -0.15) is 0 Å². The third kappa shape index (κ3) is 12.4. The second-order valence-corrected chi connectivity index (χ2v) is 6.23. The summed E-state index contributed by atoms with van der Waals surface area (Å²) < 4.78 is 0. The Bertz CT molecular complexity index is 126. The summed E-state index contributed by atoms with van der Waals surface area (Å²) in [5, 5.41) is 0. The Hall–Kier alpha value is 0.440. The predicted molar refractivity (Wildman–Crippen MR) is 73.9 cm³/mol. The van der Waals surface area contributed by atoms with Crippen molar-refractivity contribution >= 4 is 15.9 Å². The first-order valence-corrected chi connectivity index (χ1v) is 7.41. The fourth-order valence-corrected chi connectivity index (χ4v) is 2.35. The smallest absolute Gasteiger partial charge is 0.0244 e. The zero-order valence-corrected chi connectivity index (χ0v) is 12.4. The molecule has 1 unspecified atom stereocenters. The van der Waals surface area contributed by atoms with E-state index in [0.29, 0.717) is 4.83 Å². The highest BCUT2D eigenvalue weighted by atomic mass is 79.9. The molecule has 0 N–H and O–H groups in total. The number of halogens is 1. The van der Waals surface area contributed by atoms with Crippen LogP contribution in [-0.2, 0) is 0 Å². The van der Waals surface area contributed by atoms with Crippen molar-refractivity contribution < 1.29 is 0 Å². The maximum Gasteiger partial charge on any atom is 0.0244 e. The summed E-state index contributed by atoms with van der Waals surface area (Å²) >= 11 is 3.58. The van der Waals surface area contributed by atoms with Crippen LogP contribution in [0.3, 0.4) is 0 Å². The summed E-state index contributed by atoms with van der Waals surface area (Å²) in [5.74, 6) is 0. The molecule has 0 aromatic heterocycles. The minimum Gasteiger partial charge on any atom is -0.305 e. The minimum atomic E-state index is 0.618. The second kappa shape index (κ2) is 10.9. The van der Waals surface area contributed by atoms with Crippen LogP contribution in [0.5, 0.6) is 0 Å². The highest BCUT2D eigenvalue weighted by molar-refractivity contribution is 9.09. The maximum atomic E-state index is 3.58. The summed E-state index contributed by atoms with van der Waals surface area (Å²) in [6.45, 7) is 6.90. The van der Waals surface area contributed by atoms with E-state index in [1.165, 1.54) is 51.5 Å². The third-order valence-corrected chi connectivity index (χ3v) is 3.00. The SMILES string of the molecule is CCCCCCCCCN(C)CC(C)Br. The van der Waals surface area contributed by atoms with Gasteiger partial charge in [-0.1, -0.05) is 68.3 Å². The van der Waals surface area contributed by atoms with E-state index in [1.54, 1.807) is 0 Å². The van der Waals surface area contributed by atoms with Crippen molar-refractivity contribution in [1.29, 1.82) is 0 Å². The van der Waals surface area contributed by atoms with Crippen molar-refractivity contribution in [3.8, 4) is 0 Å². The molecule has 0 fully saturated rings. The first kappa shape index (κ1) is 15.4. The number of nitrogens with zero attached hydrogens (tertiary/aromatic N) is 1. The van der Waals surface area contributed by atoms with Crippen LogP contribution in [0.15, 0.2) is 0 Å². The van der Waals surface area contributed by atoms with Crippen LogP contribution in [-0.4, -0.2) is 29.9 Å². The van der Waals surface area contributed by atoms with Gasteiger partial charge in [0.25, 0.3) is 0 Å². The van der Waals surface area contributed by atoms with E-state index < -0.39 is 0 Å². The lowest BCUT2D eigenvalue weighted by molar-refractivity contribution is 0.329. The molecule has 0 heterocycles. The topological polar surface area (TPSA) is 3.24 Å². The van der Waals surface area contributed by atoms with E-state index in [9.17, 15) is 0 Å². The Morgan fingerprint density at radius 2 is 1.53 bits per heavy atom. The molecule has 15 heavy (non-hydrogen) atoms. The quantitative estimate of drug-likeness (QED) is 0.421. The molecule has 0 bridgehead atoms. The minimum absolute atomic E-state index is 0.618. The zero-order chi connectivity index (χ0) is 11.5. The molecule has 0 aromatic rings. The molecular weight excluding hydrogens is 250 g/mol. The summed E-state index contributed by atoms with van der Waals surface area (Å²) in [7, 11) is 2.22. The Morgan fingerprint density at radius 3 is 2.07 bits per heavy atom. The molecule has 0 spiro atoms. The van der Waals surface area contributed by atoms with E-state index in [2.05, 4.69) is 41.7 Å². The molecule has 1 atom stereocenters. The number of alkyl halides is 1. The zero-order valence-electron chi connectivity index (χ0n) is 10.8. The highest BCUT2D eigenvalue weighted by Crippen LogP contribution is 2.07. The number of hydrogen-bond donors (Lipinski definition) is 0. The molecule has 0 aliphatic carbocycles. The molecule has 0 aliphatic rings. The van der Waals surface area contributed by atoms with Gasteiger partial charge in [-0.15, -0.1) is 0 Å². The van der Waals surface area contributed by atoms with Gasteiger partial charge in [-0.3, -0.25) is 0 Å². The molecule has 0 saturated carbocycles. The average Bonchev–Trinajstić information content (AvgIpc) is 2.15. The first-order valence-electron chi connectivity index (χ1n) is 6.49. The normalized spacial score (nSPS) is 13.4. The van der Waals surface area contributed by atoms with E-state index in [1.807, 2.05) is 0 Å². The van der Waals surface area contributed by atoms with Gasteiger partial charge in [0.2, 0.25) is 0 Å². The van der Waals surface area contributed by atoms with Gasteiger partial charge >= 0.3 is 0 Å². The van der Waals surface area contributed by atoms with E-state index >= 15 is 0 Å². The van der Waals surface area contributed by atoms with Crippen molar-refractivity contribution in [2.24, 2.45) is 0 Å². The second-order valence-electron chi connectivity index (χ2n) is 4.66. The van der Waals surface area contributed by atoms with Crippen LogP contribution in [0, 0.1) is 0 Å². The Balaban J connectivity index is 3.09. The molecule has 0 saturated heterocycles. The number of unbranched alkanes of at least 4 members (excludes halogenated alkanes) is 6. The average molecular weight is 278 g/mol. The maximum absolute atomic E-state index is 3.58. The lowest BCUT2D eigenvalue weighted by atomic mass is 10.1. The van der Waals surface area contributed by atoms with Crippen molar-refractivity contribution in [2.75, 3.05) is 20.1 Å². The molecule has 0 aliphatic heterocycles. The molecule has 0 rings (SSSR count). The van der Waals surface area contributed by atoms with Crippen molar-refractivity contribution in [3.63, 3.8) is 0 Å². The van der Waals surface area contributed by atoms with Crippen molar-refractivity contribution in [1.82, 2.24) is 4.90 Å². The predicted octanol–water partition coefficient (Wildman–Crippen LogP) is 4.45. The third-order valence-electron chi connectivity index (χ3n) is 2.71. The molecule has 2 heteroatoms. The first-order chi connectivity index (χ1) is 7.16. The number of hydrogen-bond acceptors (Lipinski definition) is 1. The van der Waals surface area contributed by atoms with Crippen LogP contribution in [0.2, 0.25) is 0 Å². The van der Waals surface area contributed by atoms with Gasteiger partial charge in [0, 0.05) is 11.4 Å². The van der Waals surface area contributed by atoms with Gasteiger partial charge < -0.3 is 4.90 Å². The highest BCUT2D eigenvalue weighted by Gasteiger charge is 2.01. The van der Waals surface area contributed by atoms with E-state index in [-0.39, 0.29) is 0 Å². The van der Waals surface area contributed by atoms with Crippen LogP contribution in [0.1, 0.15) is 58.8 Å². The largest absolute Gasteiger partial charge is 0.305 e. The molecular formula is C13H28BrN. The Morgan fingerprint density at radius 1 is 1.00 bits per heavy atom. The number of rotatable bonds is 10. The van der Waals surface area contributed by atoms with Crippen molar-refractivity contribution in [3.05, 3.63) is 0 Å². The lowest BCUT2D eigenvalue weighted by Crippen LogP contribution is -2.25. The molecule has 0 amide bonds. The van der Waals surface area contributed by atoms with E-state index in [0.717, 1.165) is 6.54 Å². The Kier molecular flexibility index (Phi) is 11.3. The van der Waals surface area contributed by atoms with Gasteiger partial charge in [0.05, 0.1) is 0 Å². The van der Waals surface area contributed by atoms with Crippen LogP contribution in [0.25, 0.3) is 0 Å². The van der Waals surface area contributed by atoms with Crippen LogP contribution >= 0.6 is 15.9 Å². The van der Waals surface area contributed by atoms with Crippen molar-refractivity contribution in [2.45, 2.75) is 63.6 Å². The van der Waals surface area contributed by atoms with E-state index in [4.69, 9.17) is 0 Å². The van der Waals surface area contributed by atoms with Crippen LogP contribution in [0.4, 0.5) is 0 Å².